The molecule has 5 rings (SSSR count). The molecule has 0 saturated carbocycles. The molecule has 0 aromatic heterocycles. The molecule has 0 bridgehead atoms. The van der Waals surface area contributed by atoms with E-state index >= 15 is 0 Å². The van der Waals surface area contributed by atoms with Gasteiger partial charge in [0, 0.05) is 28.0 Å². The summed E-state index contributed by atoms with van der Waals surface area (Å²) >= 11 is 0. The normalized spacial score (nSPS) is 11.8. The van der Waals surface area contributed by atoms with Gasteiger partial charge in [0.05, 0.1) is 0 Å². The molecule has 5 aromatic carbocycles. The number of hydrogen-bond acceptors (Lipinski definition) is 2. The first-order chi connectivity index (χ1) is 17.5. The average Bonchev–Trinajstić information content (AvgIpc) is 2.94. The highest BCUT2D eigenvalue weighted by Crippen LogP contribution is 2.49. The molecule has 2 N–H and O–H groups in total. The van der Waals surface area contributed by atoms with Gasteiger partial charge in [-0.05, 0) is 42.2 Å². The van der Waals surface area contributed by atoms with E-state index in [1.54, 1.807) is 0 Å². The fourth-order valence-corrected chi connectivity index (χ4v) is 5.42. The highest BCUT2D eigenvalue weighted by atomic mass is 16.3. The molecule has 0 heterocycles. The van der Waals surface area contributed by atoms with E-state index in [2.05, 4.69) is 62.4 Å². The van der Waals surface area contributed by atoms with Crippen molar-refractivity contribution in [1.82, 2.24) is 0 Å². The van der Waals surface area contributed by atoms with E-state index in [0.717, 1.165) is 33.4 Å². The lowest BCUT2D eigenvalue weighted by molar-refractivity contribution is 0.429. The molecular formula is C34H30O2. The Morgan fingerprint density at radius 2 is 0.639 bits per heavy atom. The maximum atomic E-state index is 11.3. The van der Waals surface area contributed by atoms with Gasteiger partial charge in [0.2, 0.25) is 0 Å². The van der Waals surface area contributed by atoms with E-state index < -0.39 is 10.8 Å². The van der Waals surface area contributed by atoms with Crippen molar-refractivity contribution in [3.63, 3.8) is 0 Å². The van der Waals surface area contributed by atoms with Crippen LogP contribution in [-0.2, 0) is 10.8 Å². The first-order valence-corrected chi connectivity index (χ1v) is 12.2. The maximum Gasteiger partial charge on any atom is 0.123 e. The van der Waals surface area contributed by atoms with Gasteiger partial charge in [-0.1, -0.05) is 121 Å². The second kappa shape index (κ2) is 9.39. The fraction of sp³-hybridized carbons (Fsp3) is 0.118. The summed E-state index contributed by atoms with van der Waals surface area (Å²) in [7, 11) is 0. The lowest BCUT2D eigenvalue weighted by Crippen LogP contribution is -2.29. The molecule has 2 nitrogen and oxygen atoms in total. The molecule has 0 saturated heterocycles. The van der Waals surface area contributed by atoms with Gasteiger partial charge in [0.25, 0.3) is 0 Å². The van der Waals surface area contributed by atoms with Crippen molar-refractivity contribution in [2.45, 2.75) is 24.7 Å². The minimum absolute atomic E-state index is 0.0647. The second-order valence-corrected chi connectivity index (χ2v) is 9.60. The Balaban J connectivity index is 1.83. The lowest BCUT2D eigenvalue weighted by atomic mass is 9.66. The van der Waals surface area contributed by atoms with Crippen LogP contribution in [0.5, 0.6) is 11.5 Å². The zero-order valence-electron chi connectivity index (χ0n) is 20.6. The van der Waals surface area contributed by atoms with Gasteiger partial charge >= 0.3 is 0 Å². The maximum absolute atomic E-state index is 11.3. The van der Waals surface area contributed by atoms with Gasteiger partial charge in [0.15, 0.2) is 0 Å². The summed E-state index contributed by atoms with van der Waals surface area (Å²) in [6, 6.07) is 44.4. The summed E-state index contributed by atoms with van der Waals surface area (Å²) < 4.78 is 0. The molecule has 36 heavy (non-hydrogen) atoms. The number of hydrogen-bond donors (Lipinski definition) is 2. The van der Waals surface area contributed by atoms with Crippen molar-refractivity contribution in [3.8, 4) is 11.5 Å². The van der Waals surface area contributed by atoms with Crippen LogP contribution < -0.4 is 0 Å². The number of phenolic OH excluding ortho intramolecular Hbond substituents is 2. The van der Waals surface area contributed by atoms with Crippen LogP contribution in [0.15, 0.2) is 133 Å². The van der Waals surface area contributed by atoms with E-state index in [1.165, 1.54) is 6.07 Å². The molecule has 5 aromatic rings. The Labute approximate surface area is 213 Å². The van der Waals surface area contributed by atoms with Crippen LogP contribution in [0.25, 0.3) is 0 Å². The molecule has 0 aliphatic heterocycles. The zero-order valence-corrected chi connectivity index (χ0v) is 20.6. The Morgan fingerprint density at radius 3 is 0.889 bits per heavy atom. The van der Waals surface area contributed by atoms with Crippen LogP contribution in [-0.4, -0.2) is 10.2 Å². The van der Waals surface area contributed by atoms with Gasteiger partial charge in [-0.25, -0.2) is 0 Å². The molecule has 0 atom stereocenters. The molecule has 178 valence electrons. The third kappa shape index (κ3) is 3.85. The number of aromatic hydroxyl groups is 2. The van der Waals surface area contributed by atoms with E-state index in [-0.39, 0.29) is 11.5 Å². The van der Waals surface area contributed by atoms with E-state index in [4.69, 9.17) is 0 Å². The van der Waals surface area contributed by atoms with Crippen molar-refractivity contribution in [1.29, 1.82) is 0 Å². The molecular weight excluding hydrogens is 440 g/mol. The Morgan fingerprint density at radius 1 is 0.389 bits per heavy atom. The van der Waals surface area contributed by atoms with Gasteiger partial charge < -0.3 is 10.2 Å². The molecule has 0 unspecified atom stereocenters. The standard InChI is InChI=1S/C34H30O2/c1-33(25-15-7-3-8-16-25,26-17-9-4-10-18-26)29-23-30(32(36)24-31(29)35)34(2,27-19-11-5-12-20-27)28-21-13-6-14-22-28/h3-24,35-36H,1-2H3. The topological polar surface area (TPSA) is 40.5 Å². The highest BCUT2D eigenvalue weighted by Gasteiger charge is 2.39. The van der Waals surface area contributed by atoms with Crippen LogP contribution in [0.4, 0.5) is 0 Å². The Hall–Kier alpha value is -4.30. The van der Waals surface area contributed by atoms with Crippen LogP contribution in [0.1, 0.15) is 47.2 Å². The molecule has 0 spiro atoms. The predicted molar refractivity (Wildman–Crippen MR) is 147 cm³/mol. The first-order valence-electron chi connectivity index (χ1n) is 12.2. The second-order valence-electron chi connectivity index (χ2n) is 9.60. The lowest BCUT2D eigenvalue weighted by Gasteiger charge is -2.36. The van der Waals surface area contributed by atoms with Crippen LogP contribution >= 0.6 is 0 Å². The van der Waals surface area contributed by atoms with Crippen LogP contribution in [0.3, 0.4) is 0 Å². The third-order valence-electron chi connectivity index (χ3n) is 7.60. The summed E-state index contributed by atoms with van der Waals surface area (Å²) in [5.41, 5.74) is 4.42. The molecule has 0 amide bonds. The molecule has 2 heteroatoms. The molecule has 0 radical (unpaired) electrons. The summed E-state index contributed by atoms with van der Waals surface area (Å²) in [6.45, 7) is 4.27. The van der Waals surface area contributed by atoms with E-state index in [0.29, 0.717) is 0 Å². The average molecular weight is 471 g/mol. The smallest absolute Gasteiger partial charge is 0.123 e. The van der Waals surface area contributed by atoms with Crippen molar-refractivity contribution in [3.05, 3.63) is 167 Å². The first kappa shape index (κ1) is 23.4. The quantitative estimate of drug-likeness (QED) is 0.249. The predicted octanol–water partition coefficient (Wildman–Crippen LogP) is 7.81. The Kier molecular flexibility index (Phi) is 6.12. The minimum atomic E-state index is -0.649. The summed E-state index contributed by atoms with van der Waals surface area (Å²) in [6.07, 6.45) is 0. The van der Waals surface area contributed by atoms with Crippen molar-refractivity contribution >= 4 is 0 Å². The van der Waals surface area contributed by atoms with E-state index in [1.807, 2.05) is 78.9 Å². The van der Waals surface area contributed by atoms with Crippen molar-refractivity contribution in [2.24, 2.45) is 0 Å². The highest BCUT2D eigenvalue weighted by molar-refractivity contribution is 5.62. The monoisotopic (exact) mass is 470 g/mol. The summed E-state index contributed by atoms with van der Waals surface area (Å²) in [5, 5.41) is 22.6. The van der Waals surface area contributed by atoms with Gasteiger partial charge in [-0.15, -0.1) is 0 Å². The molecule has 0 aliphatic carbocycles. The largest absolute Gasteiger partial charge is 0.507 e. The minimum Gasteiger partial charge on any atom is -0.507 e. The summed E-state index contributed by atoms with van der Waals surface area (Å²) in [4.78, 5) is 0. The molecule has 0 aliphatic rings. The van der Waals surface area contributed by atoms with Gasteiger partial charge in [-0.2, -0.15) is 0 Å². The van der Waals surface area contributed by atoms with Crippen LogP contribution in [0, 0.1) is 0 Å². The van der Waals surface area contributed by atoms with Gasteiger partial charge in [0.1, 0.15) is 11.5 Å². The number of benzene rings is 5. The van der Waals surface area contributed by atoms with Gasteiger partial charge in [-0.3, -0.25) is 0 Å². The number of rotatable bonds is 6. The van der Waals surface area contributed by atoms with E-state index in [9.17, 15) is 10.2 Å². The number of phenols is 2. The SMILES string of the molecule is CC(c1ccccc1)(c1ccccc1)c1cc(C(C)(c2ccccc2)c2ccccc2)c(O)cc1O. The fourth-order valence-electron chi connectivity index (χ4n) is 5.42. The summed E-state index contributed by atoms with van der Waals surface area (Å²) in [5.74, 6) is 0.129. The van der Waals surface area contributed by atoms with Crippen molar-refractivity contribution in [2.75, 3.05) is 0 Å². The van der Waals surface area contributed by atoms with Crippen LogP contribution in [0.2, 0.25) is 0 Å². The molecule has 0 fully saturated rings. The third-order valence-corrected chi connectivity index (χ3v) is 7.60. The Bertz CT molecular complexity index is 1250. The van der Waals surface area contributed by atoms with Crippen molar-refractivity contribution < 1.29 is 10.2 Å². The zero-order chi connectivity index (χ0) is 25.2.